The van der Waals surface area contributed by atoms with Crippen LogP contribution in [-0.4, -0.2) is 54.7 Å². The molecule has 0 saturated carbocycles. The first-order valence-electron chi connectivity index (χ1n) is 12.1. The van der Waals surface area contributed by atoms with Crippen LogP contribution in [-0.2, 0) is 11.3 Å². The molecule has 2 aromatic carbocycles. The summed E-state index contributed by atoms with van der Waals surface area (Å²) in [5, 5.41) is 18.7. The number of piperidine rings is 1. The highest BCUT2D eigenvalue weighted by molar-refractivity contribution is 5.97. The number of hydrogen-bond acceptors (Lipinski definition) is 6. The molecule has 4 rings (SSSR count). The molecule has 0 bridgehead atoms. The number of carbonyl (C=O) groups is 2. The highest BCUT2D eigenvalue weighted by atomic mass is 16.5. The van der Waals surface area contributed by atoms with E-state index >= 15 is 0 Å². The van der Waals surface area contributed by atoms with Crippen molar-refractivity contribution in [2.75, 3.05) is 37.7 Å². The molecule has 35 heavy (non-hydrogen) atoms. The van der Waals surface area contributed by atoms with E-state index < -0.39 is 5.97 Å². The van der Waals surface area contributed by atoms with E-state index in [1.165, 1.54) is 0 Å². The van der Waals surface area contributed by atoms with Crippen molar-refractivity contribution in [1.82, 2.24) is 4.90 Å². The van der Waals surface area contributed by atoms with Gasteiger partial charge in [0, 0.05) is 25.2 Å². The van der Waals surface area contributed by atoms with E-state index in [2.05, 4.69) is 11.0 Å². The fraction of sp³-hybridized carbons (Fsp3) is 0.444. The van der Waals surface area contributed by atoms with Crippen LogP contribution in [0.4, 0.5) is 5.69 Å². The number of anilines is 1. The van der Waals surface area contributed by atoms with Gasteiger partial charge in [0.2, 0.25) is 5.91 Å². The minimum atomic E-state index is -0.975. The largest absolute Gasteiger partial charge is 0.492 e. The molecule has 184 valence electrons. The van der Waals surface area contributed by atoms with Crippen LogP contribution in [0, 0.1) is 16.7 Å². The maximum absolute atomic E-state index is 12.8. The summed E-state index contributed by atoms with van der Waals surface area (Å²) in [6, 6.07) is 12.6. The van der Waals surface area contributed by atoms with Gasteiger partial charge in [-0.15, -0.1) is 0 Å². The number of carbonyl (C=O) groups excluding carboxylic acids is 1. The number of amides is 1. The van der Waals surface area contributed by atoms with Gasteiger partial charge >= 0.3 is 5.97 Å². The number of rotatable bonds is 8. The summed E-state index contributed by atoms with van der Waals surface area (Å²) in [6.07, 6.45) is 2.34. The van der Waals surface area contributed by atoms with Crippen LogP contribution in [0.1, 0.15) is 54.6 Å². The zero-order valence-corrected chi connectivity index (χ0v) is 20.2. The zero-order valence-electron chi connectivity index (χ0n) is 20.2. The lowest BCUT2D eigenvalue weighted by Crippen LogP contribution is -2.41. The second kappa shape index (κ2) is 10.4. The third kappa shape index (κ3) is 5.25. The molecule has 2 heterocycles. The van der Waals surface area contributed by atoms with Crippen molar-refractivity contribution in [3.05, 3.63) is 53.1 Å². The molecule has 0 atom stereocenters. The Morgan fingerprint density at radius 1 is 1.09 bits per heavy atom. The molecular formula is C27H31N3O5. The molecule has 0 aliphatic carbocycles. The Hall–Kier alpha value is -3.57. The molecule has 0 unspecified atom stereocenters. The van der Waals surface area contributed by atoms with Gasteiger partial charge in [0.05, 0.1) is 18.8 Å². The highest BCUT2D eigenvalue weighted by Gasteiger charge is 2.45. The lowest BCUT2D eigenvalue weighted by molar-refractivity contribution is -0.118. The van der Waals surface area contributed by atoms with Gasteiger partial charge < -0.3 is 19.5 Å². The van der Waals surface area contributed by atoms with Crippen LogP contribution < -0.4 is 14.4 Å². The van der Waals surface area contributed by atoms with E-state index in [1.807, 2.05) is 26.0 Å². The molecule has 1 amide bonds. The Balaban J connectivity index is 1.42. The average molecular weight is 478 g/mol. The van der Waals surface area contributed by atoms with Crippen molar-refractivity contribution in [2.45, 2.75) is 39.7 Å². The Kier molecular flexibility index (Phi) is 7.27. The van der Waals surface area contributed by atoms with Crippen molar-refractivity contribution >= 4 is 17.6 Å². The summed E-state index contributed by atoms with van der Waals surface area (Å²) in [7, 11) is 0. The highest BCUT2D eigenvalue weighted by Crippen LogP contribution is 2.43. The van der Waals surface area contributed by atoms with E-state index in [0.717, 1.165) is 43.7 Å². The van der Waals surface area contributed by atoms with Crippen LogP contribution in [0.25, 0.3) is 0 Å². The molecule has 8 nitrogen and oxygen atoms in total. The van der Waals surface area contributed by atoms with Gasteiger partial charge in [-0.3, -0.25) is 9.69 Å². The standard InChI is InChI=1S/C27H31N3O5/c1-3-34-23-13-19(14-24(35-4-2)22(23)16-28)17-29-11-9-27(10-12-29)15-25(31)30(18-27)21-7-5-20(6-8-21)26(32)33/h5-8,13-14H,3-4,9-12,15,17-18H2,1-2H3,(H,32,33). The van der Waals surface area contributed by atoms with Gasteiger partial charge in [-0.1, -0.05) is 0 Å². The minimum absolute atomic E-state index is 0.0588. The van der Waals surface area contributed by atoms with Crippen LogP contribution >= 0.6 is 0 Å². The van der Waals surface area contributed by atoms with E-state index in [0.29, 0.717) is 43.2 Å². The van der Waals surface area contributed by atoms with Gasteiger partial charge in [0.25, 0.3) is 0 Å². The minimum Gasteiger partial charge on any atom is -0.492 e. The molecule has 0 radical (unpaired) electrons. The first-order chi connectivity index (χ1) is 16.9. The number of benzene rings is 2. The number of nitriles is 1. The molecule has 2 fully saturated rings. The van der Waals surface area contributed by atoms with Gasteiger partial charge in [-0.25, -0.2) is 4.79 Å². The van der Waals surface area contributed by atoms with Crippen molar-refractivity contribution in [1.29, 1.82) is 5.26 Å². The molecule has 2 saturated heterocycles. The quantitative estimate of drug-likeness (QED) is 0.611. The third-order valence-electron chi connectivity index (χ3n) is 6.91. The first kappa shape index (κ1) is 24.6. The normalized spacial score (nSPS) is 17.4. The fourth-order valence-corrected chi connectivity index (χ4v) is 5.08. The number of nitrogens with zero attached hydrogens (tertiary/aromatic N) is 3. The number of carboxylic acids is 1. The summed E-state index contributed by atoms with van der Waals surface area (Å²) in [5.74, 6) is 0.222. The fourth-order valence-electron chi connectivity index (χ4n) is 5.08. The Labute approximate surface area is 205 Å². The topological polar surface area (TPSA) is 103 Å². The summed E-state index contributed by atoms with van der Waals surface area (Å²) in [5.41, 5.74) is 2.37. The smallest absolute Gasteiger partial charge is 0.335 e. The van der Waals surface area contributed by atoms with Crippen LogP contribution in [0.5, 0.6) is 11.5 Å². The number of hydrogen-bond donors (Lipinski definition) is 1. The maximum Gasteiger partial charge on any atom is 0.335 e. The number of aromatic carboxylic acids is 1. The number of carboxylic acid groups (broad SMARTS) is 1. The lowest BCUT2D eigenvalue weighted by atomic mass is 9.77. The van der Waals surface area contributed by atoms with E-state index in [-0.39, 0.29) is 16.9 Å². The van der Waals surface area contributed by atoms with Crippen LogP contribution in [0.3, 0.4) is 0 Å². The van der Waals surface area contributed by atoms with E-state index in [1.54, 1.807) is 29.2 Å². The number of ether oxygens (including phenoxy) is 2. The molecule has 2 aromatic rings. The van der Waals surface area contributed by atoms with E-state index in [4.69, 9.17) is 14.6 Å². The van der Waals surface area contributed by atoms with Crippen LogP contribution in [0.15, 0.2) is 36.4 Å². The van der Waals surface area contributed by atoms with Crippen molar-refractivity contribution in [2.24, 2.45) is 5.41 Å². The molecule has 1 N–H and O–H groups in total. The summed E-state index contributed by atoms with van der Waals surface area (Å²) in [6.45, 7) is 7.84. The van der Waals surface area contributed by atoms with Crippen molar-refractivity contribution in [3.63, 3.8) is 0 Å². The predicted molar refractivity (Wildman–Crippen MR) is 131 cm³/mol. The molecular weight excluding hydrogens is 446 g/mol. The maximum atomic E-state index is 12.8. The van der Waals surface area contributed by atoms with Gasteiger partial charge in [-0.05, 0) is 87.2 Å². The Bertz CT molecular complexity index is 1100. The first-order valence-corrected chi connectivity index (χ1v) is 12.1. The average Bonchev–Trinajstić information content (AvgIpc) is 3.17. The predicted octanol–water partition coefficient (Wildman–Crippen LogP) is 4.07. The van der Waals surface area contributed by atoms with Crippen LogP contribution in [0.2, 0.25) is 0 Å². The Morgan fingerprint density at radius 3 is 2.20 bits per heavy atom. The molecule has 2 aliphatic heterocycles. The van der Waals surface area contributed by atoms with Gasteiger partial charge in [-0.2, -0.15) is 5.26 Å². The molecule has 2 aliphatic rings. The third-order valence-corrected chi connectivity index (χ3v) is 6.91. The molecule has 8 heteroatoms. The second-order valence-corrected chi connectivity index (χ2v) is 9.23. The van der Waals surface area contributed by atoms with Gasteiger partial charge in [0.15, 0.2) is 0 Å². The second-order valence-electron chi connectivity index (χ2n) is 9.23. The lowest BCUT2D eigenvalue weighted by Gasteiger charge is -2.39. The van der Waals surface area contributed by atoms with Gasteiger partial charge in [0.1, 0.15) is 23.1 Å². The van der Waals surface area contributed by atoms with E-state index in [9.17, 15) is 14.9 Å². The Morgan fingerprint density at radius 2 is 1.69 bits per heavy atom. The molecule has 1 spiro atoms. The summed E-state index contributed by atoms with van der Waals surface area (Å²) < 4.78 is 11.4. The monoisotopic (exact) mass is 477 g/mol. The SMILES string of the molecule is CCOc1cc(CN2CCC3(CC2)CC(=O)N(c2ccc(C(=O)O)cc2)C3)cc(OCC)c1C#N. The zero-order chi connectivity index (χ0) is 25.0. The van der Waals surface area contributed by atoms with Crippen molar-refractivity contribution in [3.8, 4) is 17.6 Å². The summed E-state index contributed by atoms with van der Waals surface area (Å²) >= 11 is 0. The molecule has 0 aromatic heterocycles. The van der Waals surface area contributed by atoms with Crippen molar-refractivity contribution < 1.29 is 24.2 Å². The number of likely N-dealkylation sites (tertiary alicyclic amines) is 1. The summed E-state index contributed by atoms with van der Waals surface area (Å²) in [4.78, 5) is 28.1.